The van der Waals surface area contributed by atoms with E-state index in [1.54, 1.807) is 14.0 Å². The van der Waals surface area contributed by atoms with Gasteiger partial charge in [0.2, 0.25) is 0 Å². The zero-order valence-electron chi connectivity index (χ0n) is 8.44. The van der Waals surface area contributed by atoms with Gasteiger partial charge in [0.25, 0.3) is 11.3 Å². The summed E-state index contributed by atoms with van der Waals surface area (Å²) in [6.07, 6.45) is 0. The van der Waals surface area contributed by atoms with Crippen LogP contribution in [-0.2, 0) is 18.3 Å². The predicted octanol–water partition coefficient (Wildman–Crippen LogP) is 1.20. The lowest BCUT2D eigenvalue weighted by Crippen LogP contribution is -2.31. The summed E-state index contributed by atoms with van der Waals surface area (Å²) in [5.41, 5.74) is 0.696. The molecule has 5 nitrogen and oxygen atoms in total. The molecule has 0 aliphatic carbocycles. The third-order valence-corrected chi connectivity index (χ3v) is 2.72. The average Bonchev–Trinajstić information content (AvgIpc) is 2.31. The number of nitrogens with zero attached hydrogens (tertiary/aromatic N) is 3. The molecule has 0 amide bonds. The van der Waals surface area contributed by atoms with Crippen molar-refractivity contribution >= 4 is 17.0 Å². The molecule has 0 aromatic carbocycles. The van der Waals surface area contributed by atoms with Gasteiger partial charge in [0.05, 0.1) is 11.4 Å². The van der Waals surface area contributed by atoms with Crippen LogP contribution in [0.5, 0.6) is 0 Å². The smallest absolute Gasteiger partial charge is 0.289 e. The standard InChI is InChI=1S/C7H11F2N3O2S/c1-4-6(5(2)11(3)10-4)12(7(8)9)15(13)14/h7H,1-3H3,(H,13,14). The number of rotatable bonds is 3. The normalized spacial score (nSPS) is 13.3. The fourth-order valence-electron chi connectivity index (χ4n) is 1.33. The summed E-state index contributed by atoms with van der Waals surface area (Å²) in [4.78, 5) is 0. The number of hydrogen-bond donors (Lipinski definition) is 1. The number of anilines is 1. The van der Waals surface area contributed by atoms with E-state index in [1.807, 2.05) is 0 Å². The first-order valence-corrected chi connectivity index (χ1v) is 5.11. The Kier molecular flexibility index (Phi) is 3.40. The van der Waals surface area contributed by atoms with E-state index in [2.05, 4.69) is 5.10 Å². The maximum Gasteiger partial charge on any atom is 0.328 e. The molecular formula is C7H11F2N3O2S. The van der Waals surface area contributed by atoms with Crippen LogP contribution in [0.1, 0.15) is 11.4 Å². The van der Waals surface area contributed by atoms with Crippen molar-refractivity contribution < 1.29 is 17.5 Å². The minimum absolute atomic E-state index is 0.00617. The van der Waals surface area contributed by atoms with Crippen LogP contribution in [0, 0.1) is 13.8 Å². The van der Waals surface area contributed by atoms with Gasteiger partial charge >= 0.3 is 6.55 Å². The molecule has 1 unspecified atom stereocenters. The minimum atomic E-state index is -3.04. The fraction of sp³-hybridized carbons (Fsp3) is 0.571. The van der Waals surface area contributed by atoms with E-state index < -0.39 is 17.8 Å². The highest BCUT2D eigenvalue weighted by atomic mass is 32.2. The highest BCUT2D eigenvalue weighted by Gasteiger charge is 2.28. The molecule has 1 heterocycles. The zero-order valence-corrected chi connectivity index (χ0v) is 9.26. The Labute approximate surface area is 88.1 Å². The maximum absolute atomic E-state index is 12.5. The van der Waals surface area contributed by atoms with E-state index >= 15 is 0 Å². The van der Waals surface area contributed by atoms with Crippen LogP contribution >= 0.6 is 0 Å². The van der Waals surface area contributed by atoms with Crippen molar-refractivity contribution in [3.05, 3.63) is 11.4 Å². The molecule has 0 aliphatic rings. The van der Waals surface area contributed by atoms with E-state index in [-0.39, 0.29) is 15.7 Å². The van der Waals surface area contributed by atoms with E-state index in [4.69, 9.17) is 4.55 Å². The summed E-state index contributed by atoms with van der Waals surface area (Å²) in [6, 6.07) is 0. The lowest BCUT2D eigenvalue weighted by molar-refractivity contribution is 0.161. The second kappa shape index (κ2) is 4.23. The topological polar surface area (TPSA) is 58.4 Å². The Morgan fingerprint density at radius 1 is 1.53 bits per heavy atom. The highest BCUT2D eigenvalue weighted by molar-refractivity contribution is 7.80. The molecular weight excluding hydrogens is 228 g/mol. The van der Waals surface area contributed by atoms with Crippen molar-refractivity contribution in [3.63, 3.8) is 0 Å². The second-order valence-electron chi connectivity index (χ2n) is 2.98. The molecule has 0 saturated heterocycles. The summed E-state index contributed by atoms with van der Waals surface area (Å²) >= 11 is -2.76. The SMILES string of the molecule is Cc1nn(C)c(C)c1N(C(F)F)S(=O)O. The lowest BCUT2D eigenvalue weighted by atomic mass is 10.3. The van der Waals surface area contributed by atoms with E-state index in [9.17, 15) is 13.0 Å². The third-order valence-electron chi connectivity index (χ3n) is 2.04. The highest BCUT2D eigenvalue weighted by Crippen LogP contribution is 2.27. The molecule has 1 aromatic rings. The van der Waals surface area contributed by atoms with Crippen LogP contribution < -0.4 is 4.31 Å². The van der Waals surface area contributed by atoms with Crippen LogP contribution in [0.3, 0.4) is 0 Å². The summed E-state index contributed by atoms with van der Waals surface area (Å²) in [5.74, 6) is 0. The molecule has 1 rings (SSSR count). The van der Waals surface area contributed by atoms with Crippen LogP contribution in [-0.4, -0.2) is 25.1 Å². The summed E-state index contributed by atoms with van der Waals surface area (Å²) in [5, 5.41) is 3.89. The van der Waals surface area contributed by atoms with Gasteiger partial charge in [-0.15, -0.1) is 0 Å². The molecule has 1 aromatic heterocycles. The van der Waals surface area contributed by atoms with Gasteiger partial charge in [-0.3, -0.25) is 9.23 Å². The van der Waals surface area contributed by atoms with Gasteiger partial charge in [-0.25, -0.2) is 8.51 Å². The van der Waals surface area contributed by atoms with E-state index in [0.29, 0.717) is 5.69 Å². The minimum Gasteiger partial charge on any atom is -0.289 e. The fourth-order valence-corrected chi connectivity index (χ4v) is 1.88. The predicted molar refractivity (Wildman–Crippen MR) is 51.9 cm³/mol. The van der Waals surface area contributed by atoms with Crippen molar-refractivity contribution in [1.82, 2.24) is 9.78 Å². The molecule has 1 N–H and O–H groups in total. The molecule has 0 bridgehead atoms. The quantitative estimate of drug-likeness (QED) is 0.637. The number of alkyl halides is 2. The Balaban J connectivity index is 3.28. The number of halogens is 2. The molecule has 1 atom stereocenters. The maximum atomic E-state index is 12.5. The molecule has 8 heteroatoms. The van der Waals surface area contributed by atoms with Crippen LogP contribution in [0.25, 0.3) is 0 Å². The summed E-state index contributed by atoms with van der Waals surface area (Å²) < 4.78 is 46.1. The number of hydrogen-bond acceptors (Lipinski definition) is 2. The zero-order chi connectivity index (χ0) is 11.7. The lowest BCUT2D eigenvalue weighted by Gasteiger charge is -2.18. The van der Waals surface area contributed by atoms with Gasteiger partial charge in [-0.1, -0.05) is 0 Å². The molecule has 15 heavy (non-hydrogen) atoms. The first kappa shape index (κ1) is 12.1. The Bertz CT molecular complexity index is 394. The van der Waals surface area contributed by atoms with E-state index in [0.717, 1.165) is 0 Å². The molecule has 0 radical (unpaired) electrons. The van der Waals surface area contributed by atoms with E-state index in [1.165, 1.54) is 11.6 Å². The summed E-state index contributed by atoms with van der Waals surface area (Å²) in [7, 11) is 1.58. The first-order chi connectivity index (χ1) is 6.86. The molecule has 0 saturated carbocycles. The van der Waals surface area contributed by atoms with Crippen molar-refractivity contribution in [2.45, 2.75) is 20.4 Å². The largest absolute Gasteiger partial charge is 0.328 e. The van der Waals surface area contributed by atoms with Crippen LogP contribution in [0.2, 0.25) is 0 Å². The summed E-state index contributed by atoms with van der Waals surface area (Å²) in [6.45, 7) is 0.0136. The van der Waals surface area contributed by atoms with Gasteiger partial charge in [0.1, 0.15) is 5.69 Å². The van der Waals surface area contributed by atoms with Gasteiger partial charge < -0.3 is 0 Å². The van der Waals surface area contributed by atoms with Gasteiger partial charge in [-0.2, -0.15) is 13.9 Å². The average molecular weight is 239 g/mol. The molecule has 0 aliphatic heterocycles. The van der Waals surface area contributed by atoms with Crippen LogP contribution in [0.4, 0.5) is 14.5 Å². The Morgan fingerprint density at radius 2 is 2.07 bits per heavy atom. The Morgan fingerprint density at radius 3 is 2.33 bits per heavy atom. The van der Waals surface area contributed by atoms with Crippen molar-refractivity contribution in [1.29, 1.82) is 0 Å². The van der Waals surface area contributed by atoms with Gasteiger partial charge in [0.15, 0.2) is 0 Å². The second-order valence-corrected chi connectivity index (χ2v) is 3.83. The van der Waals surface area contributed by atoms with Gasteiger partial charge in [0, 0.05) is 7.05 Å². The first-order valence-electron chi connectivity index (χ1n) is 4.04. The monoisotopic (exact) mass is 239 g/mol. The number of aromatic nitrogens is 2. The van der Waals surface area contributed by atoms with Crippen molar-refractivity contribution in [2.24, 2.45) is 7.05 Å². The number of aryl methyl sites for hydroxylation is 2. The van der Waals surface area contributed by atoms with Gasteiger partial charge in [-0.05, 0) is 13.8 Å². The Hall–Kier alpha value is -1.02. The van der Waals surface area contributed by atoms with Crippen molar-refractivity contribution in [2.75, 3.05) is 4.31 Å². The molecule has 86 valence electrons. The molecule has 0 fully saturated rings. The van der Waals surface area contributed by atoms with Crippen LogP contribution in [0.15, 0.2) is 0 Å². The van der Waals surface area contributed by atoms with Crippen molar-refractivity contribution in [3.8, 4) is 0 Å². The molecule has 0 spiro atoms. The third kappa shape index (κ3) is 2.15.